The van der Waals surface area contributed by atoms with Crippen LogP contribution in [0.25, 0.3) is 0 Å². The first-order valence-corrected chi connectivity index (χ1v) is 11.7. The van der Waals surface area contributed by atoms with Crippen LogP contribution in [0.15, 0.2) is 21.6 Å². The molecule has 1 aromatic rings. The smallest absolute Gasteiger partial charge is 0.194 e. The Hall–Kier alpha value is -0.333. The highest BCUT2D eigenvalue weighted by atomic mass is 35.7. The molecule has 19 heavy (non-hydrogen) atoms. The summed E-state index contributed by atoms with van der Waals surface area (Å²) in [6.07, 6.45) is 3.39. The van der Waals surface area contributed by atoms with Gasteiger partial charge in [0, 0.05) is 22.9 Å². The van der Waals surface area contributed by atoms with Crippen LogP contribution in [0.2, 0.25) is 18.1 Å². The Bertz CT molecular complexity index is 566. The predicted octanol–water partition coefficient (Wildman–Crippen LogP) is 4.45. The SMILES string of the molecule is CC(C)n1cnc(S(=O)(Cl)=N[Si](C)(C)C(C)(C)C)c1. The Labute approximate surface area is 122 Å². The van der Waals surface area contributed by atoms with E-state index in [0.717, 1.165) is 0 Å². The van der Waals surface area contributed by atoms with E-state index in [2.05, 4.69) is 42.9 Å². The van der Waals surface area contributed by atoms with Crippen molar-refractivity contribution in [2.24, 2.45) is 4.03 Å². The van der Waals surface area contributed by atoms with Crippen LogP contribution in [0.4, 0.5) is 0 Å². The molecule has 0 amide bonds. The molecule has 1 aromatic heterocycles. The maximum absolute atomic E-state index is 12.6. The van der Waals surface area contributed by atoms with Gasteiger partial charge in [0.15, 0.2) is 22.2 Å². The molecule has 4 nitrogen and oxygen atoms in total. The van der Waals surface area contributed by atoms with E-state index in [0.29, 0.717) is 5.03 Å². The number of rotatable bonds is 3. The van der Waals surface area contributed by atoms with Gasteiger partial charge in [0.2, 0.25) is 0 Å². The van der Waals surface area contributed by atoms with Crippen LogP contribution < -0.4 is 0 Å². The molecule has 0 spiro atoms. The van der Waals surface area contributed by atoms with E-state index >= 15 is 0 Å². The van der Waals surface area contributed by atoms with Gasteiger partial charge in [0.25, 0.3) is 0 Å². The van der Waals surface area contributed by atoms with E-state index in [1.807, 2.05) is 18.4 Å². The summed E-state index contributed by atoms with van der Waals surface area (Å²) in [6.45, 7) is 14.6. The monoisotopic (exact) mass is 321 g/mol. The standard InChI is InChI=1S/C12H24ClN3OSSi/c1-10(2)16-8-11(14-9-16)18(13,17)15-19(6,7)12(3,4)5/h8-10H,1-7H3. The zero-order chi connectivity index (χ0) is 15.1. The van der Waals surface area contributed by atoms with Gasteiger partial charge in [-0.05, 0) is 32.0 Å². The third-order valence-electron chi connectivity index (χ3n) is 3.61. The highest BCUT2D eigenvalue weighted by molar-refractivity contribution is 8.16. The van der Waals surface area contributed by atoms with Crippen molar-refractivity contribution in [1.82, 2.24) is 9.55 Å². The molecule has 0 saturated carbocycles. The topological polar surface area (TPSA) is 47.2 Å². The normalized spacial score (nSPS) is 16.5. The third kappa shape index (κ3) is 3.83. The van der Waals surface area contributed by atoms with Crippen molar-refractivity contribution in [3.63, 3.8) is 0 Å². The minimum absolute atomic E-state index is 0.00512. The minimum atomic E-state index is -2.94. The first kappa shape index (κ1) is 16.7. The van der Waals surface area contributed by atoms with Gasteiger partial charge in [0.05, 0.1) is 6.33 Å². The zero-order valence-electron chi connectivity index (χ0n) is 12.8. The molecule has 0 N–H and O–H groups in total. The molecule has 1 heterocycles. The molecule has 110 valence electrons. The molecule has 1 atom stereocenters. The van der Waals surface area contributed by atoms with Gasteiger partial charge in [-0.15, -0.1) is 0 Å². The van der Waals surface area contributed by atoms with Crippen molar-refractivity contribution in [1.29, 1.82) is 0 Å². The molecule has 0 aliphatic rings. The van der Waals surface area contributed by atoms with Gasteiger partial charge in [-0.3, -0.25) is 4.03 Å². The quantitative estimate of drug-likeness (QED) is 0.610. The molecular formula is C12H24ClN3OSSi. The first-order chi connectivity index (χ1) is 8.37. The molecule has 0 fully saturated rings. The van der Waals surface area contributed by atoms with Crippen molar-refractivity contribution in [2.45, 2.75) is 63.8 Å². The van der Waals surface area contributed by atoms with Crippen molar-refractivity contribution in [2.75, 3.05) is 0 Å². The summed E-state index contributed by atoms with van der Waals surface area (Å²) < 4.78 is 19.0. The molecular weight excluding hydrogens is 298 g/mol. The first-order valence-electron chi connectivity index (χ1n) is 6.38. The summed E-state index contributed by atoms with van der Waals surface area (Å²) in [6, 6.07) is 0.265. The van der Waals surface area contributed by atoms with Crippen LogP contribution in [-0.2, 0) is 8.94 Å². The van der Waals surface area contributed by atoms with Crippen LogP contribution in [-0.4, -0.2) is 22.0 Å². The van der Waals surface area contributed by atoms with Crippen LogP contribution >= 0.6 is 10.7 Å². The summed E-state index contributed by atoms with van der Waals surface area (Å²) in [4.78, 5) is 4.16. The number of hydrogen-bond acceptors (Lipinski definition) is 3. The fourth-order valence-corrected chi connectivity index (χ4v) is 7.25. The molecule has 0 aliphatic heterocycles. The number of hydrogen-bond donors (Lipinski definition) is 0. The van der Waals surface area contributed by atoms with Gasteiger partial charge in [-0.25, -0.2) is 9.19 Å². The highest BCUT2D eigenvalue weighted by Gasteiger charge is 2.37. The maximum Gasteiger partial charge on any atom is 0.194 e. The Kier molecular flexibility index (Phi) is 4.59. The predicted molar refractivity (Wildman–Crippen MR) is 84.5 cm³/mol. The fraction of sp³-hybridized carbons (Fsp3) is 0.750. The van der Waals surface area contributed by atoms with Gasteiger partial charge in [-0.2, -0.15) is 0 Å². The average Bonchev–Trinajstić information content (AvgIpc) is 2.62. The maximum atomic E-state index is 12.6. The summed E-state index contributed by atoms with van der Waals surface area (Å²) in [5, 5.41) is 0.373. The summed E-state index contributed by atoms with van der Waals surface area (Å²) in [5.74, 6) is 0. The van der Waals surface area contributed by atoms with Crippen molar-refractivity contribution >= 4 is 27.9 Å². The van der Waals surface area contributed by atoms with E-state index in [1.54, 1.807) is 12.5 Å². The lowest BCUT2D eigenvalue weighted by Crippen LogP contribution is -2.35. The lowest BCUT2D eigenvalue weighted by molar-refractivity contribution is 0.598. The molecule has 0 radical (unpaired) electrons. The Morgan fingerprint density at radius 2 is 1.95 bits per heavy atom. The fourth-order valence-electron chi connectivity index (χ4n) is 1.21. The number of halogens is 1. The summed E-state index contributed by atoms with van der Waals surface area (Å²) >= 11 is 0. The third-order valence-corrected chi connectivity index (χ3v) is 11.9. The molecule has 1 rings (SSSR count). The zero-order valence-corrected chi connectivity index (χ0v) is 15.3. The van der Waals surface area contributed by atoms with Crippen LogP contribution in [0, 0.1) is 0 Å². The largest absolute Gasteiger partial charge is 0.334 e. The Balaban J connectivity index is 3.27. The summed E-state index contributed by atoms with van der Waals surface area (Å²) in [7, 11) is 1.18. The van der Waals surface area contributed by atoms with E-state index in [9.17, 15) is 4.21 Å². The molecule has 0 bridgehead atoms. The van der Waals surface area contributed by atoms with E-state index in [1.165, 1.54) is 0 Å². The van der Waals surface area contributed by atoms with E-state index < -0.39 is 17.2 Å². The molecule has 1 unspecified atom stereocenters. The lowest BCUT2D eigenvalue weighted by Gasteiger charge is -2.32. The number of imidazole rings is 1. The van der Waals surface area contributed by atoms with Gasteiger partial charge < -0.3 is 4.57 Å². The molecule has 0 aromatic carbocycles. The van der Waals surface area contributed by atoms with Crippen LogP contribution in [0.1, 0.15) is 40.7 Å². The summed E-state index contributed by atoms with van der Waals surface area (Å²) in [5.41, 5.74) is 0. The van der Waals surface area contributed by atoms with Crippen LogP contribution in [0.3, 0.4) is 0 Å². The Morgan fingerprint density at radius 3 is 2.32 bits per heavy atom. The lowest BCUT2D eigenvalue weighted by atomic mass is 10.2. The average molecular weight is 322 g/mol. The minimum Gasteiger partial charge on any atom is -0.334 e. The van der Waals surface area contributed by atoms with Crippen molar-refractivity contribution in [3.05, 3.63) is 12.5 Å². The molecule has 0 aliphatic carbocycles. The molecule has 7 heteroatoms. The van der Waals surface area contributed by atoms with E-state index in [4.69, 9.17) is 10.7 Å². The second-order valence-corrected chi connectivity index (χ2v) is 14.5. The second-order valence-electron chi connectivity index (χ2n) is 6.61. The van der Waals surface area contributed by atoms with Crippen molar-refractivity contribution in [3.8, 4) is 0 Å². The van der Waals surface area contributed by atoms with Gasteiger partial charge >= 0.3 is 0 Å². The van der Waals surface area contributed by atoms with Gasteiger partial charge in [-0.1, -0.05) is 20.8 Å². The van der Waals surface area contributed by atoms with Gasteiger partial charge in [0.1, 0.15) is 0 Å². The van der Waals surface area contributed by atoms with Crippen LogP contribution in [0.5, 0.6) is 0 Å². The number of aromatic nitrogens is 2. The second kappa shape index (κ2) is 5.22. The molecule has 0 saturated heterocycles. The number of nitrogens with zero attached hydrogens (tertiary/aromatic N) is 3. The van der Waals surface area contributed by atoms with E-state index in [-0.39, 0.29) is 11.1 Å². The van der Waals surface area contributed by atoms with Crippen molar-refractivity contribution < 1.29 is 4.21 Å². The Morgan fingerprint density at radius 1 is 1.42 bits per heavy atom. The highest BCUT2D eigenvalue weighted by Crippen LogP contribution is 2.38.